The second-order valence-electron chi connectivity index (χ2n) is 4.75. The van der Waals surface area contributed by atoms with Crippen LogP contribution in [0.3, 0.4) is 0 Å². The molecule has 0 aliphatic heterocycles. The normalized spacial score (nSPS) is 11.7. The number of benzene rings is 1. The minimum absolute atomic E-state index is 0.0792. The van der Waals surface area contributed by atoms with Crippen LogP contribution in [0.2, 0.25) is 0 Å². The van der Waals surface area contributed by atoms with Crippen LogP contribution in [0.15, 0.2) is 36.8 Å². The quantitative estimate of drug-likeness (QED) is 0.743. The number of fused-ring (bicyclic) bond motifs is 1. The van der Waals surface area contributed by atoms with Gasteiger partial charge < -0.3 is 15.2 Å². The number of aliphatic hydroxyl groups is 1. The van der Waals surface area contributed by atoms with Gasteiger partial charge in [0.1, 0.15) is 17.9 Å². The largest absolute Gasteiger partial charge is 0.573 e. The number of hydrogen-bond acceptors (Lipinski definition) is 6. The fourth-order valence-electron chi connectivity index (χ4n) is 2.13. The van der Waals surface area contributed by atoms with Crippen molar-refractivity contribution in [1.29, 1.82) is 0 Å². The zero-order valence-electron chi connectivity index (χ0n) is 12.2. The maximum atomic E-state index is 12.1. The van der Waals surface area contributed by atoms with Crippen molar-refractivity contribution in [3.05, 3.63) is 36.8 Å². The molecule has 126 valence electrons. The number of aliphatic hydroxyl groups excluding tert-OH is 1. The summed E-state index contributed by atoms with van der Waals surface area (Å²) in [4.78, 5) is 8.22. The Labute approximate surface area is 133 Å². The van der Waals surface area contributed by atoms with E-state index in [1.807, 2.05) is 0 Å². The maximum Gasteiger partial charge on any atom is 0.573 e. The van der Waals surface area contributed by atoms with E-state index in [1.165, 1.54) is 35.3 Å². The molecule has 0 fully saturated rings. The molecule has 0 saturated heterocycles. The van der Waals surface area contributed by atoms with Gasteiger partial charge in [-0.3, -0.25) is 0 Å². The van der Waals surface area contributed by atoms with E-state index in [-0.39, 0.29) is 12.4 Å². The van der Waals surface area contributed by atoms with Crippen molar-refractivity contribution in [2.45, 2.75) is 12.9 Å². The third kappa shape index (κ3) is 3.54. The van der Waals surface area contributed by atoms with Crippen molar-refractivity contribution in [3.63, 3.8) is 0 Å². The Kier molecular flexibility index (Phi) is 4.21. The molecule has 3 aromatic rings. The van der Waals surface area contributed by atoms with Crippen molar-refractivity contribution >= 4 is 22.5 Å². The van der Waals surface area contributed by atoms with Crippen molar-refractivity contribution in [2.75, 3.05) is 11.9 Å². The molecule has 3 rings (SSSR count). The second kappa shape index (κ2) is 6.32. The molecule has 2 aromatic heterocycles. The highest BCUT2D eigenvalue weighted by molar-refractivity contribution is 5.88. The van der Waals surface area contributed by atoms with Gasteiger partial charge in [0.15, 0.2) is 5.65 Å². The number of anilines is 2. The first-order valence-corrected chi connectivity index (χ1v) is 6.86. The van der Waals surface area contributed by atoms with Gasteiger partial charge in [0.2, 0.25) is 0 Å². The van der Waals surface area contributed by atoms with Gasteiger partial charge in [0, 0.05) is 5.69 Å². The standard InChI is InChI=1S/C14H12F3N5O2/c15-14(16,17)24-10-3-1-9(2-4-10)21-12-11-7-20-22(5-6-23)13(11)19-8-18-12/h1-4,7-8,23H,5-6H2,(H,18,19,21). The number of alkyl halides is 3. The molecule has 0 spiro atoms. The molecule has 1 aromatic carbocycles. The van der Waals surface area contributed by atoms with Crippen LogP contribution < -0.4 is 10.1 Å². The molecule has 0 radical (unpaired) electrons. The minimum atomic E-state index is -4.73. The van der Waals surface area contributed by atoms with Crippen molar-refractivity contribution in [3.8, 4) is 5.75 Å². The molecule has 0 atom stereocenters. The van der Waals surface area contributed by atoms with Crippen molar-refractivity contribution < 1.29 is 23.0 Å². The lowest BCUT2D eigenvalue weighted by Gasteiger charge is -2.10. The Bertz CT molecular complexity index is 833. The van der Waals surface area contributed by atoms with Gasteiger partial charge in [0.25, 0.3) is 0 Å². The van der Waals surface area contributed by atoms with Crippen LogP contribution in [-0.4, -0.2) is 37.8 Å². The molecule has 24 heavy (non-hydrogen) atoms. The molecule has 0 aliphatic carbocycles. The number of nitrogens with one attached hydrogen (secondary N) is 1. The average Bonchev–Trinajstić information content (AvgIpc) is 2.93. The van der Waals surface area contributed by atoms with Gasteiger partial charge in [-0.25, -0.2) is 14.6 Å². The van der Waals surface area contributed by atoms with E-state index in [9.17, 15) is 13.2 Å². The molecule has 2 heterocycles. The molecule has 10 heteroatoms. The second-order valence-corrected chi connectivity index (χ2v) is 4.75. The summed E-state index contributed by atoms with van der Waals surface area (Å²) in [5.74, 6) is 0.144. The highest BCUT2D eigenvalue weighted by Crippen LogP contribution is 2.26. The molecular formula is C14H12F3N5O2. The summed E-state index contributed by atoms with van der Waals surface area (Å²) < 4.78 is 41.8. The summed E-state index contributed by atoms with van der Waals surface area (Å²) in [6.07, 6.45) is -1.84. The first kappa shape index (κ1) is 16.0. The molecular weight excluding hydrogens is 327 g/mol. The number of halogens is 3. The molecule has 0 bridgehead atoms. The molecule has 0 saturated carbocycles. The lowest BCUT2D eigenvalue weighted by atomic mass is 10.3. The SMILES string of the molecule is OCCn1ncc2c(Nc3ccc(OC(F)(F)F)cc3)ncnc21. The minimum Gasteiger partial charge on any atom is -0.406 e. The van der Waals surface area contributed by atoms with E-state index in [0.29, 0.717) is 29.1 Å². The van der Waals surface area contributed by atoms with Crippen LogP contribution in [0.4, 0.5) is 24.7 Å². The summed E-state index contributed by atoms with van der Waals surface area (Å²) in [5, 5.41) is 16.7. The smallest absolute Gasteiger partial charge is 0.406 e. The zero-order valence-corrected chi connectivity index (χ0v) is 12.2. The van der Waals surface area contributed by atoms with E-state index < -0.39 is 6.36 Å². The monoisotopic (exact) mass is 339 g/mol. The zero-order chi connectivity index (χ0) is 17.2. The predicted molar refractivity (Wildman–Crippen MR) is 78.8 cm³/mol. The van der Waals surface area contributed by atoms with Gasteiger partial charge in [-0.05, 0) is 24.3 Å². The molecule has 2 N–H and O–H groups in total. The fourth-order valence-corrected chi connectivity index (χ4v) is 2.13. The predicted octanol–water partition coefficient (Wildman–Crippen LogP) is 2.46. The Morgan fingerprint density at radius 1 is 1.17 bits per heavy atom. The summed E-state index contributed by atoms with van der Waals surface area (Å²) in [6, 6.07) is 5.27. The van der Waals surface area contributed by atoms with Gasteiger partial charge in [-0.15, -0.1) is 13.2 Å². The number of nitrogens with zero attached hydrogens (tertiary/aromatic N) is 4. The number of aromatic nitrogens is 4. The van der Waals surface area contributed by atoms with Crippen LogP contribution in [0.5, 0.6) is 5.75 Å². The Balaban J connectivity index is 1.82. The van der Waals surface area contributed by atoms with E-state index in [4.69, 9.17) is 5.11 Å². The Hall–Kier alpha value is -2.88. The van der Waals surface area contributed by atoms with E-state index in [0.717, 1.165) is 0 Å². The molecule has 7 nitrogen and oxygen atoms in total. The first-order chi connectivity index (χ1) is 11.5. The summed E-state index contributed by atoms with van der Waals surface area (Å²) >= 11 is 0. The van der Waals surface area contributed by atoms with E-state index >= 15 is 0 Å². The number of ether oxygens (including phenoxy) is 1. The first-order valence-electron chi connectivity index (χ1n) is 6.86. The van der Waals surface area contributed by atoms with Crippen molar-refractivity contribution in [2.24, 2.45) is 0 Å². The molecule has 0 aliphatic rings. The Morgan fingerprint density at radius 2 is 1.92 bits per heavy atom. The van der Waals surface area contributed by atoms with Crippen LogP contribution in [-0.2, 0) is 6.54 Å². The average molecular weight is 339 g/mol. The maximum absolute atomic E-state index is 12.1. The van der Waals surface area contributed by atoms with Gasteiger partial charge in [-0.2, -0.15) is 5.10 Å². The van der Waals surface area contributed by atoms with E-state index in [2.05, 4.69) is 25.1 Å². The van der Waals surface area contributed by atoms with E-state index in [1.54, 1.807) is 6.20 Å². The molecule has 0 amide bonds. The van der Waals surface area contributed by atoms with Crippen LogP contribution in [0.25, 0.3) is 11.0 Å². The number of hydrogen-bond donors (Lipinski definition) is 2. The third-order valence-electron chi connectivity index (χ3n) is 3.10. The highest BCUT2D eigenvalue weighted by atomic mass is 19.4. The fraction of sp³-hybridized carbons (Fsp3) is 0.214. The topological polar surface area (TPSA) is 85.1 Å². The van der Waals surface area contributed by atoms with Gasteiger partial charge >= 0.3 is 6.36 Å². The van der Waals surface area contributed by atoms with Crippen LogP contribution >= 0.6 is 0 Å². The van der Waals surface area contributed by atoms with Gasteiger partial charge in [-0.1, -0.05) is 0 Å². The van der Waals surface area contributed by atoms with Crippen LogP contribution in [0.1, 0.15) is 0 Å². The summed E-state index contributed by atoms with van der Waals surface area (Å²) in [7, 11) is 0. The lowest BCUT2D eigenvalue weighted by Crippen LogP contribution is -2.16. The highest BCUT2D eigenvalue weighted by Gasteiger charge is 2.30. The number of rotatable bonds is 5. The van der Waals surface area contributed by atoms with Gasteiger partial charge in [0.05, 0.1) is 24.7 Å². The third-order valence-corrected chi connectivity index (χ3v) is 3.10. The summed E-state index contributed by atoms with van der Waals surface area (Å²) in [5.41, 5.74) is 1.07. The van der Waals surface area contributed by atoms with Crippen molar-refractivity contribution in [1.82, 2.24) is 19.7 Å². The summed E-state index contributed by atoms with van der Waals surface area (Å²) in [6.45, 7) is 0.216. The Morgan fingerprint density at radius 3 is 2.58 bits per heavy atom. The van der Waals surface area contributed by atoms with Crippen LogP contribution in [0, 0.1) is 0 Å². The molecule has 0 unspecified atom stereocenters. The lowest BCUT2D eigenvalue weighted by molar-refractivity contribution is -0.274.